The number of hydrogen-bond donors (Lipinski definition) is 0. The van der Waals surface area contributed by atoms with E-state index in [1.54, 1.807) is 0 Å². The van der Waals surface area contributed by atoms with Gasteiger partial charge in [0.25, 0.3) is 0 Å². The SMILES string of the molecule is C1=CC2c3cccc(-c4nc(-c5ccccc5)nc(-c5ccccc5)n4)c3SC2C=C1c1ccc2c3ccccc3c3ccccc3c2c1. The molecule has 0 fully saturated rings. The van der Waals surface area contributed by atoms with E-state index in [1.165, 1.54) is 53.9 Å². The van der Waals surface area contributed by atoms with E-state index in [1.807, 2.05) is 48.2 Å². The maximum absolute atomic E-state index is 5.06. The maximum Gasteiger partial charge on any atom is 0.165 e. The lowest BCUT2D eigenvalue weighted by atomic mass is 9.86. The van der Waals surface area contributed by atoms with E-state index >= 15 is 0 Å². The number of thioether (sulfide) groups is 1. The van der Waals surface area contributed by atoms with Crippen molar-refractivity contribution >= 4 is 49.7 Å². The summed E-state index contributed by atoms with van der Waals surface area (Å²) in [5.41, 5.74) is 6.85. The van der Waals surface area contributed by atoms with Crippen LogP contribution in [0.3, 0.4) is 0 Å². The van der Waals surface area contributed by atoms with Crippen LogP contribution in [-0.4, -0.2) is 20.2 Å². The molecule has 0 N–H and O–H groups in total. The molecular weight excluding hydrogens is 615 g/mol. The molecular formula is C45H29N3S. The van der Waals surface area contributed by atoms with Gasteiger partial charge in [0.1, 0.15) is 0 Å². The Morgan fingerprint density at radius 3 is 1.63 bits per heavy atom. The molecule has 0 radical (unpaired) electrons. The third-order valence-electron chi connectivity index (χ3n) is 9.86. The molecule has 49 heavy (non-hydrogen) atoms. The quantitative estimate of drug-likeness (QED) is 0.179. The van der Waals surface area contributed by atoms with Crippen LogP contribution < -0.4 is 0 Å². The maximum atomic E-state index is 5.06. The van der Waals surface area contributed by atoms with Gasteiger partial charge in [0.05, 0.1) is 0 Å². The second-order valence-corrected chi connectivity index (χ2v) is 13.9. The van der Waals surface area contributed by atoms with Crippen LogP contribution in [0, 0.1) is 0 Å². The van der Waals surface area contributed by atoms with E-state index in [0.29, 0.717) is 17.5 Å². The highest BCUT2D eigenvalue weighted by molar-refractivity contribution is 8.00. The lowest BCUT2D eigenvalue weighted by molar-refractivity contribution is 0.883. The third kappa shape index (κ3) is 4.71. The largest absolute Gasteiger partial charge is 0.208 e. The molecule has 2 aliphatic rings. The van der Waals surface area contributed by atoms with Crippen molar-refractivity contribution in [2.24, 2.45) is 0 Å². The molecule has 1 aliphatic heterocycles. The van der Waals surface area contributed by atoms with Crippen molar-refractivity contribution < 1.29 is 0 Å². The van der Waals surface area contributed by atoms with Crippen LogP contribution in [0.2, 0.25) is 0 Å². The first kappa shape index (κ1) is 28.2. The van der Waals surface area contributed by atoms with Gasteiger partial charge in [0.2, 0.25) is 0 Å². The minimum atomic E-state index is 0.282. The molecule has 4 heteroatoms. The van der Waals surface area contributed by atoms with Crippen molar-refractivity contribution in [1.82, 2.24) is 15.0 Å². The zero-order valence-corrected chi connectivity index (χ0v) is 27.3. The van der Waals surface area contributed by atoms with Crippen molar-refractivity contribution in [2.75, 3.05) is 0 Å². The summed E-state index contributed by atoms with van der Waals surface area (Å²) in [5, 5.41) is 8.08. The van der Waals surface area contributed by atoms with Gasteiger partial charge < -0.3 is 0 Å². The van der Waals surface area contributed by atoms with E-state index in [4.69, 9.17) is 15.0 Å². The van der Waals surface area contributed by atoms with Gasteiger partial charge in [-0.2, -0.15) is 0 Å². The average Bonchev–Trinajstić information content (AvgIpc) is 3.56. The summed E-state index contributed by atoms with van der Waals surface area (Å²) in [5.74, 6) is 2.36. The summed E-state index contributed by atoms with van der Waals surface area (Å²) in [4.78, 5) is 16.3. The molecule has 8 aromatic rings. The Balaban J connectivity index is 1.06. The zero-order valence-electron chi connectivity index (χ0n) is 26.5. The molecule has 230 valence electrons. The first-order valence-electron chi connectivity index (χ1n) is 16.7. The summed E-state index contributed by atoms with van der Waals surface area (Å²) >= 11 is 1.92. The van der Waals surface area contributed by atoms with Crippen LogP contribution in [0.25, 0.3) is 72.1 Å². The average molecular weight is 644 g/mol. The van der Waals surface area contributed by atoms with Gasteiger partial charge in [-0.05, 0) is 55.1 Å². The van der Waals surface area contributed by atoms with Crippen LogP contribution in [0.5, 0.6) is 0 Å². The standard InChI is InChI=1S/C45H29N3S/c1-3-12-28(13-4-1)43-46-44(29-14-5-2-6-15-29)48-45(47-43)39-21-11-20-38-37-25-23-31(27-41(37)49-42(38)39)30-22-24-36-34-18-8-7-16-32(34)33-17-9-10-19-35(33)40(36)26-30/h1-27,37,41H. The van der Waals surface area contributed by atoms with Crippen LogP contribution in [0.4, 0.5) is 0 Å². The predicted octanol–water partition coefficient (Wildman–Crippen LogP) is 11.5. The molecule has 0 amide bonds. The number of fused-ring (bicyclic) bond motifs is 9. The molecule has 3 nitrogen and oxygen atoms in total. The van der Waals surface area contributed by atoms with Crippen molar-refractivity contribution in [1.29, 1.82) is 0 Å². The molecule has 10 rings (SSSR count). The van der Waals surface area contributed by atoms with E-state index < -0.39 is 0 Å². The number of allylic oxidation sites excluding steroid dienone is 3. The molecule has 0 bridgehead atoms. The fraction of sp³-hybridized carbons (Fsp3) is 0.0444. The predicted molar refractivity (Wildman–Crippen MR) is 205 cm³/mol. The fourth-order valence-electron chi connectivity index (χ4n) is 7.51. The van der Waals surface area contributed by atoms with Crippen LogP contribution >= 0.6 is 11.8 Å². The normalized spacial score (nSPS) is 16.5. The molecule has 7 aromatic carbocycles. The van der Waals surface area contributed by atoms with Gasteiger partial charge in [-0.15, -0.1) is 11.8 Å². The highest BCUT2D eigenvalue weighted by Gasteiger charge is 2.35. The number of nitrogens with zero attached hydrogens (tertiary/aromatic N) is 3. The fourth-order valence-corrected chi connectivity index (χ4v) is 9.01. The van der Waals surface area contributed by atoms with Crippen molar-refractivity contribution in [3.8, 4) is 34.2 Å². The molecule has 0 saturated heterocycles. The lowest BCUT2D eigenvalue weighted by Crippen LogP contribution is -2.09. The van der Waals surface area contributed by atoms with Crippen molar-refractivity contribution in [2.45, 2.75) is 16.1 Å². The minimum absolute atomic E-state index is 0.282. The van der Waals surface area contributed by atoms with Crippen molar-refractivity contribution in [3.63, 3.8) is 0 Å². The topological polar surface area (TPSA) is 38.7 Å². The van der Waals surface area contributed by atoms with Gasteiger partial charge in [-0.25, -0.2) is 15.0 Å². The summed E-state index contributed by atoms with van der Waals surface area (Å²) in [7, 11) is 0. The lowest BCUT2D eigenvalue weighted by Gasteiger charge is -2.19. The Bertz CT molecular complexity index is 2550. The van der Waals surface area contributed by atoms with E-state index in [2.05, 4.69) is 127 Å². The Morgan fingerprint density at radius 1 is 0.449 bits per heavy atom. The molecule has 2 heterocycles. The minimum Gasteiger partial charge on any atom is -0.208 e. The van der Waals surface area contributed by atoms with Gasteiger partial charge in [0.15, 0.2) is 17.5 Å². The number of benzene rings is 7. The first-order chi connectivity index (χ1) is 24.3. The van der Waals surface area contributed by atoms with Gasteiger partial charge >= 0.3 is 0 Å². The van der Waals surface area contributed by atoms with Crippen molar-refractivity contribution in [3.05, 3.63) is 175 Å². The Hall–Kier alpha value is -5.84. The molecule has 0 spiro atoms. The van der Waals surface area contributed by atoms with E-state index in [-0.39, 0.29) is 11.2 Å². The third-order valence-corrected chi connectivity index (χ3v) is 11.3. The monoisotopic (exact) mass is 643 g/mol. The van der Waals surface area contributed by atoms with Crippen LogP contribution in [0.15, 0.2) is 169 Å². The molecule has 0 saturated carbocycles. The molecule has 1 aliphatic carbocycles. The highest BCUT2D eigenvalue weighted by atomic mass is 32.2. The Morgan fingerprint density at radius 2 is 1.00 bits per heavy atom. The Kier molecular flexibility index (Phi) is 6.56. The van der Waals surface area contributed by atoms with Crippen LogP contribution in [-0.2, 0) is 0 Å². The summed E-state index contributed by atoms with van der Waals surface area (Å²) in [6.07, 6.45) is 7.17. The number of aromatic nitrogens is 3. The van der Waals surface area contributed by atoms with Gasteiger partial charge in [0, 0.05) is 32.8 Å². The second-order valence-electron chi connectivity index (χ2n) is 12.7. The summed E-state index contributed by atoms with van der Waals surface area (Å²) < 4.78 is 0. The summed E-state index contributed by atoms with van der Waals surface area (Å²) in [6.45, 7) is 0. The smallest absolute Gasteiger partial charge is 0.165 e. The summed E-state index contributed by atoms with van der Waals surface area (Å²) in [6, 6.07) is 51.5. The molecule has 1 aromatic heterocycles. The molecule has 2 atom stereocenters. The Labute approximate surface area is 288 Å². The first-order valence-corrected chi connectivity index (χ1v) is 17.6. The van der Waals surface area contributed by atoms with Gasteiger partial charge in [-0.1, -0.05) is 158 Å². The second kappa shape index (κ2) is 11.4. The molecule has 2 unspecified atom stereocenters. The van der Waals surface area contributed by atoms with Crippen LogP contribution in [0.1, 0.15) is 17.0 Å². The number of rotatable bonds is 4. The van der Waals surface area contributed by atoms with E-state index in [0.717, 1.165) is 16.7 Å². The van der Waals surface area contributed by atoms with E-state index in [9.17, 15) is 0 Å². The zero-order chi connectivity index (χ0) is 32.3. The van der Waals surface area contributed by atoms with Gasteiger partial charge in [-0.3, -0.25) is 0 Å². The number of hydrogen-bond acceptors (Lipinski definition) is 4. The highest BCUT2D eigenvalue weighted by Crippen LogP contribution is 2.53.